The number of rotatable bonds is 4. The van der Waals surface area contributed by atoms with Crippen LogP contribution in [0.15, 0.2) is 34.8 Å². The van der Waals surface area contributed by atoms with Gasteiger partial charge in [-0.3, -0.25) is 0 Å². The molecule has 1 aromatic carbocycles. The second-order valence-corrected chi connectivity index (χ2v) is 4.99. The van der Waals surface area contributed by atoms with Gasteiger partial charge in [0.05, 0.1) is 5.56 Å². The molecule has 0 aromatic heterocycles. The Kier molecular flexibility index (Phi) is 3.97. The van der Waals surface area contributed by atoms with E-state index in [1.807, 2.05) is 6.07 Å². The molecule has 0 bridgehead atoms. The molecular formula is C13H14BrNO2. The van der Waals surface area contributed by atoms with E-state index in [1.54, 1.807) is 12.1 Å². The molecule has 2 N–H and O–H groups in total. The third kappa shape index (κ3) is 3.17. The molecule has 17 heavy (non-hydrogen) atoms. The number of aromatic carboxylic acids is 1. The van der Waals surface area contributed by atoms with Crippen molar-refractivity contribution in [3.63, 3.8) is 0 Å². The van der Waals surface area contributed by atoms with Crippen LogP contribution in [0, 0.1) is 0 Å². The Bertz CT molecular complexity index is 449. The van der Waals surface area contributed by atoms with E-state index in [9.17, 15) is 4.79 Å². The quantitative estimate of drug-likeness (QED) is 0.840. The molecule has 1 aliphatic rings. The summed E-state index contributed by atoms with van der Waals surface area (Å²) in [4.78, 5) is 10.8. The summed E-state index contributed by atoms with van der Waals surface area (Å²) in [6, 6.07) is 5.65. The molecule has 3 nitrogen and oxygen atoms in total. The third-order valence-electron chi connectivity index (χ3n) is 2.89. The van der Waals surface area contributed by atoms with Crippen LogP contribution in [0.4, 0.5) is 0 Å². The molecule has 0 amide bonds. The first kappa shape index (κ1) is 12.3. The Morgan fingerprint density at radius 1 is 1.41 bits per heavy atom. The minimum absolute atomic E-state index is 0.308. The van der Waals surface area contributed by atoms with Crippen molar-refractivity contribution in [2.75, 3.05) is 0 Å². The average molecular weight is 296 g/mol. The summed E-state index contributed by atoms with van der Waals surface area (Å²) in [5.74, 6) is -0.898. The lowest BCUT2D eigenvalue weighted by molar-refractivity contribution is 0.0697. The molecule has 0 aliphatic heterocycles. The fraction of sp³-hybridized carbons (Fsp3) is 0.308. The molecule has 0 heterocycles. The van der Waals surface area contributed by atoms with Crippen molar-refractivity contribution >= 4 is 21.9 Å². The van der Waals surface area contributed by atoms with Crippen LogP contribution in [0.3, 0.4) is 0 Å². The van der Waals surface area contributed by atoms with Gasteiger partial charge in [-0.1, -0.05) is 34.1 Å². The Hall–Kier alpha value is -1.13. The summed E-state index contributed by atoms with van der Waals surface area (Å²) in [5, 5.41) is 12.3. The van der Waals surface area contributed by atoms with E-state index in [1.165, 1.54) is 0 Å². The summed E-state index contributed by atoms with van der Waals surface area (Å²) < 4.78 is 0.843. The molecule has 0 spiro atoms. The van der Waals surface area contributed by atoms with Gasteiger partial charge in [-0.05, 0) is 30.5 Å². The largest absolute Gasteiger partial charge is 0.478 e. The van der Waals surface area contributed by atoms with Crippen LogP contribution >= 0.6 is 15.9 Å². The second-order valence-electron chi connectivity index (χ2n) is 4.13. The summed E-state index contributed by atoms with van der Waals surface area (Å²) in [6.07, 6.45) is 6.51. The zero-order valence-corrected chi connectivity index (χ0v) is 10.9. The molecule has 1 aliphatic carbocycles. The Morgan fingerprint density at radius 2 is 2.12 bits per heavy atom. The van der Waals surface area contributed by atoms with Gasteiger partial charge in [0.25, 0.3) is 0 Å². The minimum Gasteiger partial charge on any atom is -0.478 e. The van der Waals surface area contributed by atoms with Crippen molar-refractivity contribution in [1.29, 1.82) is 0 Å². The SMILES string of the molecule is O=C(O)c1ccc(CNC2CC=CC2)c(Br)c1. The number of halogens is 1. The minimum atomic E-state index is -0.898. The van der Waals surface area contributed by atoms with Crippen molar-refractivity contribution in [2.24, 2.45) is 0 Å². The highest BCUT2D eigenvalue weighted by Gasteiger charge is 2.11. The van der Waals surface area contributed by atoms with E-state index < -0.39 is 5.97 Å². The van der Waals surface area contributed by atoms with Gasteiger partial charge >= 0.3 is 5.97 Å². The van der Waals surface area contributed by atoms with Crippen molar-refractivity contribution in [3.05, 3.63) is 46.0 Å². The Balaban J connectivity index is 1.98. The number of benzene rings is 1. The zero-order chi connectivity index (χ0) is 12.3. The topological polar surface area (TPSA) is 49.3 Å². The fourth-order valence-corrected chi connectivity index (χ4v) is 2.38. The van der Waals surface area contributed by atoms with Gasteiger partial charge in [0.15, 0.2) is 0 Å². The number of hydrogen-bond donors (Lipinski definition) is 2. The van der Waals surface area contributed by atoms with Crippen molar-refractivity contribution < 1.29 is 9.90 Å². The number of nitrogens with one attached hydrogen (secondary N) is 1. The molecule has 0 unspecified atom stereocenters. The zero-order valence-electron chi connectivity index (χ0n) is 9.32. The van der Waals surface area contributed by atoms with E-state index in [0.717, 1.165) is 29.4 Å². The number of carboxylic acid groups (broad SMARTS) is 1. The lowest BCUT2D eigenvalue weighted by atomic mass is 10.1. The highest BCUT2D eigenvalue weighted by atomic mass is 79.9. The first-order valence-electron chi connectivity index (χ1n) is 5.57. The number of carbonyl (C=O) groups is 1. The van der Waals surface area contributed by atoms with Crippen LogP contribution in [0.5, 0.6) is 0 Å². The Labute approximate surface area is 109 Å². The summed E-state index contributed by atoms with van der Waals surface area (Å²) in [7, 11) is 0. The third-order valence-corrected chi connectivity index (χ3v) is 3.63. The van der Waals surface area contributed by atoms with Crippen molar-refractivity contribution in [2.45, 2.75) is 25.4 Å². The molecule has 4 heteroatoms. The molecule has 1 aromatic rings. The van der Waals surface area contributed by atoms with Gasteiger partial charge in [-0.2, -0.15) is 0 Å². The first-order valence-corrected chi connectivity index (χ1v) is 6.36. The van der Waals surface area contributed by atoms with Crippen LogP contribution in [0.25, 0.3) is 0 Å². The van der Waals surface area contributed by atoms with Crippen molar-refractivity contribution in [1.82, 2.24) is 5.32 Å². The molecular weight excluding hydrogens is 282 g/mol. The van der Waals surface area contributed by atoms with Crippen LogP contribution in [0.2, 0.25) is 0 Å². The molecule has 0 atom stereocenters. The van der Waals surface area contributed by atoms with Gasteiger partial charge in [0.1, 0.15) is 0 Å². The van der Waals surface area contributed by atoms with E-state index in [-0.39, 0.29) is 0 Å². The maximum atomic E-state index is 10.8. The first-order chi connectivity index (χ1) is 8.16. The van der Waals surface area contributed by atoms with E-state index >= 15 is 0 Å². The molecule has 0 saturated heterocycles. The highest BCUT2D eigenvalue weighted by Crippen LogP contribution is 2.19. The maximum Gasteiger partial charge on any atom is 0.335 e. The van der Waals surface area contributed by atoms with Gasteiger partial charge in [-0.25, -0.2) is 4.79 Å². The van der Waals surface area contributed by atoms with Crippen molar-refractivity contribution in [3.8, 4) is 0 Å². The standard InChI is InChI=1S/C13H14BrNO2/c14-12-7-9(13(16)17)5-6-10(12)8-15-11-3-1-2-4-11/h1-2,5-7,11,15H,3-4,8H2,(H,16,17). The second kappa shape index (κ2) is 5.47. The van der Waals surface area contributed by atoms with E-state index in [0.29, 0.717) is 11.6 Å². The predicted octanol–water partition coefficient (Wildman–Crippen LogP) is 2.96. The molecule has 90 valence electrons. The summed E-state index contributed by atoms with van der Waals surface area (Å²) in [6.45, 7) is 0.757. The summed E-state index contributed by atoms with van der Waals surface area (Å²) >= 11 is 3.41. The van der Waals surface area contributed by atoms with Gasteiger partial charge in [0, 0.05) is 17.1 Å². The number of carboxylic acids is 1. The van der Waals surface area contributed by atoms with E-state index in [2.05, 4.69) is 33.4 Å². The predicted molar refractivity (Wildman–Crippen MR) is 70.1 cm³/mol. The number of hydrogen-bond acceptors (Lipinski definition) is 2. The van der Waals surface area contributed by atoms with Crippen LogP contribution in [-0.2, 0) is 6.54 Å². The van der Waals surface area contributed by atoms with Gasteiger partial charge < -0.3 is 10.4 Å². The van der Waals surface area contributed by atoms with Gasteiger partial charge in [0.2, 0.25) is 0 Å². The molecule has 0 radical (unpaired) electrons. The van der Waals surface area contributed by atoms with Crippen LogP contribution in [0.1, 0.15) is 28.8 Å². The normalized spacial score (nSPS) is 15.4. The Morgan fingerprint density at radius 3 is 2.71 bits per heavy atom. The smallest absolute Gasteiger partial charge is 0.335 e. The fourth-order valence-electron chi connectivity index (χ4n) is 1.86. The van der Waals surface area contributed by atoms with Crippen LogP contribution < -0.4 is 5.32 Å². The van der Waals surface area contributed by atoms with Crippen LogP contribution in [-0.4, -0.2) is 17.1 Å². The highest BCUT2D eigenvalue weighted by molar-refractivity contribution is 9.10. The molecule has 0 fully saturated rings. The monoisotopic (exact) mass is 295 g/mol. The lowest BCUT2D eigenvalue weighted by Crippen LogP contribution is -2.25. The molecule has 0 saturated carbocycles. The average Bonchev–Trinajstić information content (AvgIpc) is 2.80. The lowest BCUT2D eigenvalue weighted by Gasteiger charge is -2.13. The maximum absolute atomic E-state index is 10.8. The van der Waals surface area contributed by atoms with E-state index in [4.69, 9.17) is 5.11 Å². The molecule has 2 rings (SSSR count). The summed E-state index contributed by atoms with van der Waals surface area (Å²) in [5.41, 5.74) is 1.39. The van der Waals surface area contributed by atoms with Gasteiger partial charge in [-0.15, -0.1) is 0 Å².